The number of rotatable bonds is 8. The molecule has 0 atom stereocenters. The van der Waals surface area contributed by atoms with Crippen LogP contribution < -0.4 is 30.4 Å². The third-order valence-corrected chi connectivity index (χ3v) is 2.09. The number of ether oxygens (including phenoxy) is 2. The first-order valence-corrected chi connectivity index (χ1v) is 8.02. The van der Waals surface area contributed by atoms with Gasteiger partial charge in [0.15, 0.2) is 24.8 Å². The molecule has 15 heteroatoms. The number of carbonyl (C=O) groups is 4. The molecule has 0 amide bonds. The zero-order valence-electron chi connectivity index (χ0n) is 17.0. The molecule has 0 aliphatic carbocycles. The van der Waals surface area contributed by atoms with E-state index in [1.807, 2.05) is 61.2 Å². The molecule has 0 fully saturated rings. The van der Waals surface area contributed by atoms with Crippen molar-refractivity contribution < 1.29 is 101 Å². The molecule has 0 saturated carbocycles. The molecule has 0 saturated heterocycles. The first kappa shape index (κ1) is 40.4. The van der Waals surface area contributed by atoms with Crippen molar-refractivity contribution in [2.24, 2.45) is 0 Å². The van der Waals surface area contributed by atoms with Crippen LogP contribution in [0.4, 0.5) is 0 Å². The van der Waals surface area contributed by atoms with Crippen molar-refractivity contribution in [1.29, 1.82) is 0 Å². The van der Waals surface area contributed by atoms with Gasteiger partial charge in [-0.1, -0.05) is 12.1 Å². The molecular weight excluding hydrogens is 674 g/mol. The van der Waals surface area contributed by atoms with Gasteiger partial charge in [0, 0.05) is 55.4 Å². The molecule has 0 spiro atoms. The Morgan fingerprint density at radius 3 is 0.818 bits per heavy atom. The van der Waals surface area contributed by atoms with Crippen LogP contribution in [-0.4, -0.2) is 50.3 Å². The number of hydrogen-bond donors (Lipinski definition) is 0. The normalized spacial score (nSPS) is 7.76. The van der Waals surface area contributed by atoms with Crippen molar-refractivity contribution in [2.45, 2.75) is 0 Å². The Kier molecular flexibility index (Phi) is 38.3. The van der Waals surface area contributed by atoms with Crippen LogP contribution in [0.3, 0.4) is 0 Å². The fraction of sp³-hybridized carbons (Fsp3) is 0.222. The molecule has 0 radical (unpaired) electrons. The third-order valence-electron chi connectivity index (χ3n) is 2.09. The van der Waals surface area contributed by atoms with Crippen LogP contribution in [0, 0.1) is 31.1 Å². The second-order valence-electron chi connectivity index (χ2n) is 4.63. The van der Waals surface area contributed by atoms with Crippen molar-refractivity contribution in [3.8, 4) is 0 Å². The molecule has 2 heterocycles. The number of H-pyrrole nitrogens is 2. The molecule has 0 unspecified atom stereocenters. The van der Waals surface area contributed by atoms with E-state index in [0.29, 0.717) is 0 Å². The second kappa shape index (κ2) is 31.3. The van der Waals surface area contributed by atoms with Crippen LogP contribution in [0.1, 0.15) is 0 Å². The fourth-order valence-corrected chi connectivity index (χ4v) is 1.12. The zero-order valence-corrected chi connectivity index (χ0v) is 21.2. The molecular formula is C18H20N2O12U-6. The number of carboxylic acid groups (broad SMARTS) is 4. The fourth-order valence-electron chi connectivity index (χ4n) is 1.12. The minimum atomic E-state index is -1.45. The summed E-state index contributed by atoms with van der Waals surface area (Å²) in [5.41, 5.74) is 0. The van der Waals surface area contributed by atoms with Gasteiger partial charge in [0.25, 0.3) is 0 Å². The molecule has 14 nitrogen and oxygen atoms in total. The summed E-state index contributed by atoms with van der Waals surface area (Å²) in [4.78, 5) is 43.9. The van der Waals surface area contributed by atoms with Gasteiger partial charge in [-0.05, 0) is 0 Å². The summed E-state index contributed by atoms with van der Waals surface area (Å²) >= 11 is 0. The molecule has 0 aliphatic rings. The van der Waals surface area contributed by atoms with E-state index < -0.39 is 50.3 Å². The smallest absolute Gasteiger partial charge is 0.166 e. The first-order valence-electron chi connectivity index (χ1n) is 8.02. The van der Waals surface area contributed by atoms with E-state index in [9.17, 15) is 39.6 Å². The number of aromatic nitrogens is 2. The Morgan fingerprint density at radius 1 is 0.515 bits per heavy atom. The van der Waals surface area contributed by atoms with Crippen LogP contribution in [0.25, 0.3) is 0 Å². The van der Waals surface area contributed by atoms with Gasteiger partial charge >= 0.3 is 0 Å². The SMILES string of the molecule is O=C([O-])COCC(=O)[O-].O=C([O-])COCC(=O)[O-].[O-2].[O-2].[U].c1cc[nH+]cc1.c1cc[nH+]cc1. The number of pyridine rings is 2. The van der Waals surface area contributed by atoms with Gasteiger partial charge in [-0.3, -0.25) is 0 Å². The summed E-state index contributed by atoms with van der Waals surface area (Å²) in [7, 11) is 0. The molecule has 2 aromatic heterocycles. The molecule has 2 rings (SSSR count). The van der Waals surface area contributed by atoms with Gasteiger partial charge < -0.3 is 60.0 Å². The summed E-state index contributed by atoms with van der Waals surface area (Å²) in [5, 5.41) is 38.1. The maximum atomic E-state index is 9.53. The minimum absolute atomic E-state index is 0. The van der Waals surface area contributed by atoms with Crippen LogP contribution in [0.5, 0.6) is 0 Å². The van der Waals surface area contributed by atoms with Crippen molar-refractivity contribution in [3.05, 3.63) is 61.2 Å². The summed E-state index contributed by atoms with van der Waals surface area (Å²) in [6, 6.07) is 11.7. The van der Waals surface area contributed by atoms with E-state index in [-0.39, 0.29) is 42.1 Å². The van der Waals surface area contributed by atoms with Gasteiger partial charge in [0.1, 0.15) is 0 Å². The summed E-state index contributed by atoms with van der Waals surface area (Å²) in [6.45, 7) is -2.86. The number of aromatic amines is 2. The standard InChI is InChI=1S/2C5H5N.2C4H6O5.2O.U/c2*1-2-4-6-5-3-1;2*5-3(6)1-9-2-4(7)8;;;/h2*1-5H;2*1-2H2,(H,5,6)(H,7,8);;;/q;;;;2*-2;/p-2. The van der Waals surface area contributed by atoms with Gasteiger partial charge in [0.05, 0.1) is 50.3 Å². The Bertz CT molecular complexity index is 565. The quantitative estimate of drug-likeness (QED) is 0.252. The van der Waals surface area contributed by atoms with Gasteiger partial charge in [-0.15, -0.1) is 0 Å². The van der Waals surface area contributed by atoms with E-state index >= 15 is 0 Å². The monoisotopic (exact) mass is 694 g/mol. The molecule has 0 aromatic carbocycles. The maximum absolute atomic E-state index is 9.53. The Hall–Kier alpha value is -2.93. The molecule has 33 heavy (non-hydrogen) atoms. The van der Waals surface area contributed by atoms with Gasteiger partial charge in [-0.25, -0.2) is 9.97 Å². The van der Waals surface area contributed by atoms with Crippen LogP contribution in [0.2, 0.25) is 0 Å². The summed E-state index contributed by atoms with van der Waals surface area (Å²) in [6.07, 6.45) is 7.50. The zero-order chi connectivity index (χ0) is 23.0. The number of nitrogens with one attached hydrogen (secondary N) is 2. The Balaban J connectivity index is -0.000000104. The molecule has 0 aliphatic heterocycles. The Labute approximate surface area is 212 Å². The first-order chi connectivity index (χ1) is 14.3. The Morgan fingerprint density at radius 2 is 0.727 bits per heavy atom. The molecule has 2 N–H and O–H groups in total. The van der Waals surface area contributed by atoms with E-state index in [0.717, 1.165) is 0 Å². The van der Waals surface area contributed by atoms with E-state index in [1.54, 1.807) is 0 Å². The minimum Gasteiger partial charge on any atom is -2.00 e. The number of carbonyl (C=O) groups excluding carboxylic acids is 4. The van der Waals surface area contributed by atoms with Gasteiger partial charge in [0.2, 0.25) is 0 Å². The van der Waals surface area contributed by atoms with Gasteiger partial charge in [-0.2, -0.15) is 0 Å². The van der Waals surface area contributed by atoms with Crippen LogP contribution in [0.15, 0.2) is 61.2 Å². The average molecular weight is 694 g/mol. The number of hydrogen-bond acceptors (Lipinski definition) is 10. The topological polar surface area (TPSA) is 264 Å². The van der Waals surface area contributed by atoms with E-state index in [2.05, 4.69) is 19.4 Å². The molecule has 2 aromatic rings. The van der Waals surface area contributed by atoms with Crippen molar-refractivity contribution in [2.75, 3.05) is 26.4 Å². The van der Waals surface area contributed by atoms with Crippen LogP contribution >= 0.6 is 0 Å². The second-order valence-corrected chi connectivity index (χ2v) is 4.63. The molecule has 184 valence electrons. The van der Waals surface area contributed by atoms with Crippen molar-refractivity contribution in [1.82, 2.24) is 0 Å². The summed E-state index contributed by atoms with van der Waals surface area (Å²) < 4.78 is 8.06. The predicted octanol–water partition coefficient (Wildman–Crippen LogP) is -6.23. The average Bonchev–Trinajstić information content (AvgIpc) is 2.71. The van der Waals surface area contributed by atoms with E-state index in [4.69, 9.17) is 0 Å². The van der Waals surface area contributed by atoms with Crippen molar-refractivity contribution >= 4 is 23.9 Å². The third kappa shape index (κ3) is 48.0. The summed E-state index contributed by atoms with van der Waals surface area (Å²) in [5.74, 6) is -5.79. The van der Waals surface area contributed by atoms with Crippen molar-refractivity contribution in [3.63, 3.8) is 0 Å². The number of aliphatic carboxylic acids is 4. The number of carboxylic acids is 4. The molecule has 0 bridgehead atoms. The largest absolute Gasteiger partial charge is 2.00 e. The van der Waals surface area contributed by atoms with Crippen LogP contribution in [-0.2, 0) is 39.6 Å². The van der Waals surface area contributed by atoms with E-state index in [1.165, 1.54) is 0 Å². The predicted molar refractivity (Wildman–Crippen MR) is 89.0 cm³/mol. The maximum Gasteiger partial charge on any atom is 0.166 e.